The number of hydrogen-bond donors (Lipinski definition) is 0. The van der Waals surface area contributed by atoms with Crippen LogP contribution in [0.4, 0.5) is 18.9 Å². The van der Waals surface area contributed by atoms with Crippen molar-refractivity contribution in [2.24, 2.45) is 0 Å². The number of rotatable bonds is 2. The molecule has 0 amide bonds. The first kappa shape index (κ1) is 16.0. The molecule has 3 nitrogen and oxygen atoms in total. The normalized spacial score (nSPS) is 15.7. The van der Waals surface area contributed by atoms with E-state index in [1.807, 2.05) is 12.1 Å². The van der Waals surface area contributed by atoms with Gasteiger partial charge in [-0.15, -0.1) is 0 Å². The van der Waals surface area contributed by atoms with E-state index in [4.69, 9.17) is 0 Å². The van der Waals surface area contributed by atoms with Gasteiger partial charge < -0.3 is 0 Å². The maximum atomic E-state index is 12.8. The highest BCUT2D eigenvalue weighted by atomic mass is 32.2. The molecule has 0 fully saturated rings. The summed E-state index contributed by atoms with van der Waals surface area (Å²) < 4.78 is 64.9. The van der Waals surface area contributed by atoms with E-state index < -0.39 is 21.8 Å². The second-order valence-corrected chi connectivity index (χ2v) is 7.67. The number of halogens is 3. The van der Waals surface area contributed by atoms with E-state index in [1.165, 1.54) is 16.4 Å². The van der Waals surface area contributed by atoms with Crippen LogP contribution in [0, 0.1) is 0 Å². The van der Waals surface area contributed by atoms with Gasteiger partial charge in [-0.05, 0) is 35.2 Å². The van der Waals surface area contributed by atoms with Crippen LogP contribution in [0.1, 0.15) is 11.1 Å². The first-order valence-corrected chi connectivity index (χ1v) is 8.93. The van der Waals surface area contributed by atoms with Gasteiger partial charge in [0, 0.05) is 5.39 Å². The maximum absolute atomic E-state index is 12.8. The molecule has 1 aliphatic heterocycles. The topological polar surface area (TPSA) is 37.4 Å². The van der Waals surface area contributed by atoms with Crippen molar-refractivity contribution in [1.82, 2.24) is 0 Å². The van der Waals surface area contributed by atoms with Crippen molar-refractivity contribution in [2.75, 3.05) is 4.31 Å². The van der Waals surface area contributed by atoms with Gasteiger partial charge in [0.1, 0.15) is 0 Å². The Labute approximate surface area is 142 Å². The van der Waals surface area contributed by atoms with Crippen molar-refractivity contribution in [3.63, 3.8) is 0 Å². The molecule has 0 atom stereocenters. The molecule has 25 heavy (non-hydrogen) atoms. The fraction of sp³-hybridized carbons (Fsp3) is 0.111. The smallest absolute Gasteiger partial charge is 0.261 e. The van der Waals surface area contributed by atoms with E-state index in [-0.39, 0.29) is 11.4 Å². The third kappa shape index (κ3) is 2.46. The van der Waals surface area contributed by atoms with Crippen LogP contribution in [0.15, 0.2) is 65.6 Å². The second-order valence-electron chi connectivity index (χ2n) is 5.84. The van der Waals surface area contributed by atoms with Crippen molar-refractivity contribution in [1.29, 1.82) is 0 Å². The van der Waals surface area contributed by atoms with E-state index >= 15 is 0 Å². The van der Waals surface area contributed by atoms with Crippen molar-refractivity contribution < 1.29 is 21.6 Å². The van der Waals surface area contributed by atoms with Gasteiger partial charge >= 0.3 is 6.18 Å². The van der Waals surface area contributed by atoms with Gasteiger partial charge in [0.15, 0.2) is 0 Å². The molecule has 3 aromatic rings. The molecule has 0 aromatic heterocycles. The van der Waals surface area contributed by atoms with Crippen LogP contribution in [0.25, 0.3) is 10.8 Å². The Morgan fingerprint density at radius 3 is 2.16 bits per heavy atom. The number of alkyl halides is 3. The molecule has 1 heterocycles. The zero-order valence-corrected chi connectivity index (χ0v) is 13.6. The van der Waals surface area contributed by atoms with Crippen molar-refractivity contribution in [3.05, 3.63) is 71.8 Å². The number of anilines is 1. The summed E-state index contributed by atoms with van der Waals surface area (Å²) in [5, 5.41) is 1.46. The van der Waals surface area contributed by atoms with Crippen molar-refractivity contribution >= 4 is 26.5 Å². The molecule has 0 saturated carbocycles. The number of hydrogen-bond acceptors (Lipinski definition) is 2. The van der Waals surface area contributed by atoms with E-state index in [1.54, 1.807) is 24.3 Å². The van der Waals surface area contributed by atoms with Crippen LogP contribution < -0.4 is 4.31 Å². The molecule has 0 radical (unpaired) electrons. The largest absolute Gasteiger partial charge is 0.416 e. The van der Waals surface area contributed by atoms with Gasteiger partial charge in [-0.2, -0.15) is 13.2 Å². The van der Waals surface area contributed by atoms with Crippen LogP contribution in [0.2, 0.25) is 0 Å². The zero-order chi connectivity index (χ0) is 17.8. The Morgan fingerprint density at radius 2 is 1.52 bits per heavy atom. The number of benzene rings is 3. The molecule has 0 N–H and O–H groups in total. The van der Waals surface area contributed by atoms with Gasteiger partial charge in [0.05, 0.1) is 22.7 Å². The SMILES string of the molecule is O=S1(=O)c2cccc3cccc(c23)N1Cc1ccc(C(F)(F)F)cc1. The summed E-state index contributed by atoms with van der Waals surface area (Å²) in [5.41, 5.74) is 0.278. The predicted octanol–water partition coefficient (Wildman–Crippen LogP) is 4.57. The Balaban J connectivity index is 1.76. The van der Waals surface area contributed by atoms with Crippen LogP contribution >= 0.6 is 0 Å². The number of nitrogens with zero attached hydrogens (tertiary/aromatic N) is 1. The monoisotopic (exact) mass is 363 g/mol. The van der Waals surface area contributed by atoms with Crippen LogP contribution in [-0.4, -0.2) is 8.42 Å². The highest BCUT2D eigenvalue weighted by Gasteiger charge is 2.35. The minimum Gasteiger partial charge on any atom is -0.261 e. The Bertz CT molecular complexity index is 1070. The fourth-order valence-electron chi connectivity index (χ4n) is 3.09. The van der Waals surface area contributed by atoms with Gasteiger partial charge in [-0.3, -0.25) is 4.31 Å². The zero-order valence-electron chi connectivity index (χ0n) is 12.8. The summed E-state index contributed by atoms with van der Waals surface area (Å²) in [6, 6.07) is 14.9. The van der Waals surface area contributed by atoms with E-state index in [0.717, 1.165) is 17.5 Å². The fourth-order valence-corrected chi connectivity index (χ4v) is 4.79. The van der Waals surface area contributed by atoms with Gasteiger partial charge in [-0.25, -0.2) is 8.42 Å². The van der Waals surface area contributed by atoms with Crippen molar-refractivity contribution in [3.8, 4) is 0 Å². The van der Waals surface area contributed by atoms with Gasteiger partial charge in [0.25, 0.3) is 10.0 Å². The minimum atomic E-state index is -4.42. The predicted molar refractivity (Wildman–Crippen MR) is 88.8 cm³/mol. The molecular formula is C18H12F3NO2S. The lowest BCUT2D eigenvalue weighted by atomic mass is 10.1. The van der Waals surface area contributed by atoms with E-state index in [2.05, 4.69) is 0 Å². The summed E-state index contributed by atoms with van der Waals surface area (Å²) in [7, 11) is -3.72. The molecule has 1 aliphatic rings. The maximum Gasteiger partial charge on any atom is 0.416 e. The summed E-state index contributed by atoms with van der Waals surface area (Å²) in [5.74, 6) is 0. The molecule has 0 bridgehead atoms. The summed E-state index contributed by atoms with van der Waals surface area (Å²) in [6.45, 7) is -0.0196. The Hall–Kier alpha value is -2.54. The van der Waals surface area contributed by atoms with Gasteiger partial charge in [-0.1, -0.05) is 36.4 Å². The first-order valence-electron chi connectivity index (χ1n) is 7.49. The quantitative estimate of drug-likeness (QED) is 0.669. The molecule has 0 aliphatic carbocycles. The average molecular weight is 363 g/mol. The lowest BCUT2D eigenvalue weighted by Crippen LogP contribution is -2.26. The summed E-state index contributed by atoms with van der Waals surface area (Å²) in [4.78, 5) is 0.229. The van der Waals surface area contributed by atoms with Crippen LogP contribution in [0.5, 0.6) is 0 Å². The second kappa shape index (κ2) is 5.23. The molecule has 0 spiro atoms. The third-order valence-electron chi connectivity index (χ3n) is 4.29. The third-order valence-corrected chi connectivity index (χ3v) is 6.09. The highest BCUT2D eigenvalue weighted by Crippen LogP contribution is 2.42. The molecule has 4 rings (SSSR count). The minimum absolute atomic E-state index is 0.0196. The number of sulfonamides is 1. The lowest BCUT2D eigenvalue weighted by Gasteiger charge is -2.19. The molecule has 3 aromatic carbocycles. The average Bonchev–Trinajstić information content (AvgIpc) is 2.78. The molecule has 0 saturated heterocycles. The molecular weight excluding hydrogens is 351 g/mol. The van der Waals surface area contributed by atoms with Gasteiger partial charge in [0.2, 0.25) is 0 Å². The standard InChI is InChI=1S/C18H12F3NO2S/c19-18(20,21)14-9-7-12(8-10-14)11-22-15-5-1-3-13-4-2-6-16(17(13)15)25(22,23)24/h1-10H,11H2. The molecule has 128 valence electrons. The van der Waals surface area contributed by atoms with E-state index in [9.17, 15) is 21.6 Å². The Kier molecular flexibility index (Phi) is 3.34. The molecule has 7 heteroatoms. The van der Waals surface area contributed by atoms with E-state index in [0.29, 0.717) is 16.6 Å². The highest BCUT2D eigenvalue weighted by molar-refractivity contribution is 7.93. The Morgan fingerprint density at radius 1 is 0.880 bits per heavy atom. The lowest BCUT2D eigenvalue weighted by molar-refractivity contribution is -0.137. The van der Waals surface area contributed by atoms with Crippen LogP contribution in [-0.2, 0) is 22.7 Å². The summed E-state index contributed by atoms with van der Waals surface area (Å²) >= 11 is 0. The van der Waals surface area contributed by atoms with Crippen LogP contribution in [0.3, 0.4) is 0 Å². The first-order chi connectivity index (χ1) is 11.8. The van der Waals surface area contributed by atoms with Crippen molar-refractivity contribution in [2.45, 2.75) is 17.6 Å². The molecule has 0 unspecified atom stereocenters. The summed E-state index contributed by atoms with van der Waals surface area (Å²) in [6.07, 6.45) is -4.42.